The predicted octanol–water partition coefficient (Wildman–Crippen LogP) is 3.30. The van der Waals surface area contributed by atoms with Gasteiger partial charge in [0.15, 0.2) is 5.76 Å². The third kappa shape index (κ3) is 4.64. The third-order valence-electron chi connectivity index (χ3n) is 3.66. The van der Waals surface area contributed by atoms with Crippen LogP contribution in [0.4, 0.5) is 10.1 Å². The molecule has 26 heavy (non-hydrogen) atoms. The molecule has 0 saturated carbocycles. The van der Waals surface area contributed by atoms with Crippen molar-refractivity contribution in [3.63, 3.8) is 0 Å². The molecule has 0 bridgehead atoms. The second kappa shape index (κ2) is 8.53. The highest BCUT2D eigenvalue weighted by molar-refractivity contribution is 8.02. The minimum atomic E-state index is -0.393. The van der Waals surface area contributed by atoms with Crippen molar-refractivity contribution in [3.8, 4) is 0 Å². The Bertz CT molecular complexity index is 837. The largest absolute Gasteiger partial charge is 0.487 e. The molecule has 3 rings (SSSR count). The van der Waals surface area contributed by atoms with Gasteiger partial charge in [-0.2, -0.15) is 0 Å². The Labute approximate surface area is 154 Å². The maximum absolute atomic E-state index is 12.9. The fraction of sp³-hybridized carbons (Fsp3) is 0.158. The van der Waals surface area contributed by atoms with Gasteiger partial charge in [-0.25, -0.2) is 4.39 Å². The van der Waals surface area contributed by atoms with E-state index in [2.05, 4.69) is 10.6 Å². The molecule has 1 heterocycles. The molecule has 0 radical (unpaired) electrons. The van der Waals surface area contributed by atoms with Crippen LogP contribution in [0.15, 0.2) is 59.7 Å². The first-order valence-electron chi connectivity index (χ1n) is 8.01. The van der Waals surface area contributed by atoms with Gasteiger partial charge in [-0.05, 0) is 29.8 Å². The van der Waals surface area contributed by atoms with Crippen LogP contribution in [0, 0.1) is 5.82 Å². The number of halogens is 1. The zero-order valence-corrected chi connectivity index (χ0v) is 14.6. The van der Waals surface area contributed by atoms with E-state index in [9.17, 15) is 14.0 Å². The van der Waals surface area contributed by atoms with E-state index in [1.165, 1.54) is 23.9 Å². The highest BCUT2D eigenvalue weighted by Crippen LogP contribution is 2.20. The van der Waals surface area contributed by atoms with Crippen molar-refractivity contribution in [1.29, 1.82) is 0 Å². The number of amides is 2. The number of carbonyl (C=O) groups is 2. The Morgan fingerprint density at radius 2 is 1.85 bits per heavy atom. The number of para-hydroxylation sites is 1. The van der Waals surface area contributed by atoms with Crippen molar-refractivity contribution in [2.24, 2.45) is 0 Å². The molecule has 2 N–H and O–H groups in total. The lowest BCUT2D eigenvalue weighted by Gasteiger charge is -2.15. The van der Waals surface area contributed by atoms with Gasteiger partial charge in [0, 0.05) is 17.7 Å². The summed E-state index contributed by atoms with van der Waals surface area (Å²) < 4.78 is 18.3. The summed E-state index contributed by atoms with van der Waals surface area (Å²) in [6, 6.07) is 12.6. The summed E-state index contributed by atoms with van der Waals surface area (Å²) in [7, 11) is 0. The minimum Gasteiger partial charge on any atom is -0.487 e. The Morgan fingerprint density at radius 1 is 1.08 bits per heavy atom. The Hall–Kier alpha value is -2.80. The molecule has 0 saturated heterocycles. The standard InChI is InChI=1S/C19H17FN2O3S/c20-14-7-5-13(6-8-14)11-21-18(23)15-3-1-2-4-16(15)22-19(24)17-12-26-10-9-25-17/h1-8,12H,9-11H2,(H,21,23)(H,22,24). The average Bonchev–Trinajstić information content (AvgIpc) is 2.68. The van der Waals surface area contributed by atoms with Gasteiger partial charge in [0.2, 0.25) is 0 Å². The molecule has 1 aliphatic heterocycles. The summed E-state index contributed by atoms with van der Waals surface area (Å²) in [5, 5.41) is 7.14. The van der Waals surface area contributed by atoms with Crippen molar-refractivity contribution in [2.75, 3.05) is 17.7 Å². The quantitative estimate of drug-likeness (QED) is 0.845. The van der Waals surface area contributed by atoms with E-state index in [4.69, 9.17) is 4.74 Å². The van der Waals surface area contributed by atoms with Crippen LogP contribution in [0.2, 0.25) is 0 Å². The summed E-state index contributed by atoms with van der Waals surface area (Å²) in [6.07, 6.45) is 0. The number of ether oxygens (including phenoxy) is 1. The normalized spacial score (nSPS) is 13.3. The molecular formula is C19H17FN2O3S. The highest BCUT2D eigenvalue weighted by Gasteiger charge is 2.18. The summed E-state index contributed by atoms with van der Waals surface area (Å²) in [6.45, 7) is 0.732. The Balaban J connectivity index is 1.67. The molecule has 2 amide bonds. The van der Waals surface area contributed by atoms with E-state index in [1.54, 1.807) is 41.8 Å². The molecule has 0 aliphatic carbocycles. The van der Waals surface area contributed by atoms with Gasteiger partial charge in [-0.15, -0.1) is 11.8 Å². The van der Waals surface area contributed by atoms with Crippen LogP contribution in [0.3, 0.4) is 0 Å². The molecule has 1 aliphatic rings. The van der Waals surface area contributed by atoms with Crippen LogP contribution in [-0.4, -0.2) is 24.2 Å². The van der Waals surface area contributed by atoms with Crippen LogP contribution in [0.1, 0.15) is 15.9 Å². The van der Waals surface area contributed by atoms with Gasteiger partial charge < -0.3 is 15.4 Å². The second-order valence-electron chi connectivity index (χ2n) is 5.51. The SMILES string of the molecule is O=C(Nc1ccccc1C(=O)NCc1ccc(F)cc1)C1=CSCCO1. The van der Waals surface area contributed by atoms with E-state index in [-0.39, 0.29) is 24.0 Å². The second-order valence-corrected chi connectivity index (χ2v) is 6.49. The van der Waals surface area contributed by atoms with Crippen LogP contribution in [0.5, 0.6) is 0 Å². The zero-order chi connectivity index (χ0) is 18.4. The molecule has 0 aromatic heterocycles. The maximum Gasteiger partial charge on any atom is 0.291 e. The van der Waals surface area contributed by atoms with Crippen LogP contribution in [0.25, 0.3) is 0 Å². The summed E-state index contributed by atoms with van der Waals surface area (Å²) in [4.78, 5) is 24.7. The molecule has 0 spiro atoms. The Kier molecular flexibility index (Phi) is 5.91. The fourth-order valence-corrected chi connectivity index (χ4v) is 2.97. The van der Waals surface area contributed by atoms with E-state index in [1.807, 2.05) is 0 Å². The van der Waals surface area contributed by atoms with E-state index < -0.39 is 5.91 Å². The van der Waals surface area contributed by atoms with Gasteiger partial charge in [-0.3, -0.25) is 9.59 Å². The van der Waals surface area contributed by atoms with Gasteiger partial charge in [-0.1, -0.05) is 24.3 Å². The number of thioether (sulfide) groups is 1. The smallest absolute Gasteiger partial charge is 0.291 e. The predicted molar refractivity (Wildman–Crippen MR) is 99.1 cm³/mol. The monoisotopic (exact) mass is 372 g/mol. The first kappa shape index (κ1) is 18.0. The molecular weight excluding hydrogens is 355 g/mol. The number of nitrogens with one attached hydrogen (secondary N) is 2. The topological polar surface area (TPSA) is 67.4 Å². The zero-order valence-electron chi connectivity index (χ0n) is 13.8. The number of hydrogen-bond acceptors (Lipinski definition) is 4. The van der Waals surface area contributed by atoms with Crippen molar-refractivity contribution in [2.45, 2.75) is 6.54 Å². The molecule has 0 fully saturated rings. The number of benzene rings is 2. The molecule has 134 valence electrons. The van der Waals surface area contributed by atoms with Crippen LogP contribution < -0.4 is 10.6 Å². The number of anilines is 1. The molecule has 5 nitrogen and oxygen atoms in total. The highest BCUT2D eigenvalue weighted by atomic mass is 32.2. The van der Waals surface area contributed by atoms with Gasteiger partial charge >= 0.3 is 0 Å². The lowest BCUT2D eigenvalue weighted by molar-refractivity contribution is -0.116. The number of hydrogen-bond donors (Lipinski definition) is 2. The molecule has 2 aromatic rings. The lowest BCUT2D eigenvalue weighted by Crippen LogP contribution is -2.25. The lowest BCUT2D eigenvalue weighted by atomic mass is 10.1. The fourth-order valence-electron chi connectivity index (χ4n) is 2.34. The van der Waals surface area contributed by atoms with Gasteiger partial charge in [0.1, 0.15) is 5.82 Å². The third-order valence-corrected chi connectivity index (χ3v) is 4.44. The molecule has 2 aromatic carbocycles. The minimum absolute atomic E-state index is 0.239. The summed E-state index contributed by atoms with van der Waals surface area (Å²) >= 11 is 1.51. The Morgan fingerprint density at radius 3 is 2.58 bits per heavy atom. The van der Waals surface area contributed by atoms with E-state index in [0.29, 0.717) is 17.9 Å². The van der Waals surface area contributed by atoms with Crippen molar-refractivity contribution in [1.82, 2.24) is 5.32 Å². The first-order valence-corrected chi connectivity index (χ1v) is 9.06. The first-order chi connectivity index (χ1) is 12.6. The summed E-state index contributed by atoms with van der Waals surface area (Å²) in [5.41, 5.74) is 1.51. The van der Waals surface area contributed by atoms with Crippen molar-refractivity contribution >= 4 is 29.3 Å². The van der Waals surface area contributed by atoms with E-state index in [0.717, 1.165) is 11.3 Å². The molecule has 7 heteroatoms. The van der Waals surface area contributed by atoms with Gasteiger partial charge in [0.25, 0.3) is 11.8 Å². The average molecular weight is 372 g/mol. The molecule has 0 atom stereocenters. The van der Waals surface area contributed by atoms with Crippen molar-refractivity contribution in [3.05, 3.63) is 76.6 Å². The van der Waals surface area contributed by atoms with E-state index >= 15 is 0 Å². The summed E-state index contributed by atoms with van der Waals surface area (Å²) in [5.74, 6) is -0.0125. The van der Waals surface area contributed by atoms with Gasteiger partial charge in [0.05, 0.1) is 17.9 Å². The maximum atomic E-state index is 12.9. The number of carbonyl (C=O) groups excluding carboxylic acids is 2. The molecule has 0 unspecified atom stereocenters. The van der Waals surface area contributed by atoms with Crippen molar-refractivity contribution < 1.29 is 18.7 Å². The number of rotatable bonds is 5. The van der Waals surface area contributed by atoms with Crippen LogP contribution in [-0.2, 0) is 16.1 Å². The van der Waals surface area contributed by atoms with Crippen LogP contribution >= 0.6 is 11.8 Å².